The van der Waals surface area contributed by atoms with Gasteiger partial charge in [0.25, 0.3) is 5.91 Å². The van der Waals surface area contributed by atoms with Crippen LogP contribution in [0, 0.1) is 0 Å². The molecule has 1 unspecified atom stereocenters. The van der Waals surface area contributed by atoms with E-state index in [4.69, 9.17) is 0 Å². The van der Waals surface area contributed by atoms with E-state index >= 15 is 0 Å². The topological polar surface area (TPSA) is 71.4 Å². The Kier molecular flexibility index (Phi) is 3.61. The first-order valence-corrected chi connectivity index (χ1v) is 7.82. The molecule has 3 amide bonds. The molecule has 1 saturated heterocycles. The zero-order valence-electron chi connectivity index (χ0n) is 11.6. The van der Waals surface area contributed by atoms with Crippen LogP contribution in [0.5, 0.6) is 0 Å². The van der Waals surface area contributed by atoms with Gasteiger partial charge in [0.1, 0.15) is 18.3 Å². The second-order valence-corrected chi connectivity index (χ2v) is 6.37. The Labute approximate surface area is 130 Å². The second kappa shape index (κ2) is 5.29. The second-order valence-electron chi connectivity index (χ2n) is 5.45. The number of rotatable bonds is 3. The predicted molar refractivity (Wildman–Crippen MR) is 78.7 cm³/mol. The van der Waals surface area contributed by atoms with E-state index in [-0.39, 0.29) is 12.5 Å². The summed E-state index contributed by atoms with van der Waals surface area (Å²) in [5.74, 6) is -1.09. The van der Waals surface area contributed by atoms with E-state index in [1.807, 2.05) is 17.7 Å². The van der Waals surface area contributed by atoms with Crippen LogP contribution >= 0.6 is 15.9 Å². The summed E-state index contributed by atoms with van der Waals surface area (Å²) >= 11 is 3.39. The molecule has 7 heteroatoms. The molecule has 3 rings (SSSR count). The van der Waals surface area contributed by atoms with Gasteiger partial charge < -0.3 is 9.47 Å². The van der Waals surface area contributed by atoms with E-state index in [0.717, 1.165) is 17.3 Å². The van der Waals surface area contributed by atoms with Gasteiger partial charge in [-0.15, -0.1) is 0 Å². The number of carbonyl (C=O) groups is 3. The van der Waals surface area contributed by atoms with E-state index in [2.05, 4.69) is 21.2 Å². The average Bonchev–Trinajstić information content (AvgIpc) is 3.20. The third-order valence-corrected chi connectivity index (χ3v) is 4.31. The van der Waals surface area contributed by atoms with E-state index < -0.39 is 17.9 Å². The van der Waals surface area contributed by atoms with Gasteiger partial charge in [0, 0.05) is 16.7 Å². The van der Waals surface area contributed by atoms with Gasteiger partial charge in [-0.25, -0.2) is 0 Å². The smallest absolute Gasteiger partial charge is 0.271 e. The van der Waals surface area contributed by atoms with Crippen LogP contribution in [0.3, 0.4) is 0 Å². The number of amides is 3. The number of imide groups is 1. The summed E-state index contributed by atoms with van der Waals surface area (Å²) in [4.78, 5) is 37.6. The minimum absolute atomic E-state index is 0.0729. The Hall–Kier alpha value is -1.63. The van der Waals surface area contributed by atoms with E-state index in [1.54, 1.807) is 6.07 Å². The Morgan fingerprint density at radius 1 is 1.43 bits per heavy atom. The third kappa shape index (κ3) is 2.62. The maximum absolute atomic E-state index is 12.8. The first-order chi connectivity index (χ1) is 10.0. The molecule has 1 N–H and O–H groups in total. The maximum atomic E-state index is 12.8. The van der Waals surface area contributed by atoms with E-state index in [0.29, 0.717) is 18.2 Å². The molecule has 1 aromatic rings. The third-order valence-electron chi connectivity index (χ3n) is 3.88. The number of nitrogens with zero attached hydrogens (tertiary/aromatic N) is 2. The normalized spacial score (nSPS) is 22.4. The summed E-state index contributed by atoms with van der Waals surface area (Å²) in [5.41, 5.74) is 0.533. The SMILES string of the molecule is CCC1C(=O)NC(=O)CN1C(=O)c1cc(Br)cn1C1CC1. The summed E-state index contributed by atoms with van der Waals surface area (Å²) in [6.07, 6.45) is 4.48. The highest BCUT2D eigenvalue weighted by Crippen LogP contribution is 2.38. The van der Waals surface area contributed by atoms with Crippen molar-refractivity contribution >= 4 is 33.7 Å². The number of hydrogen-bond donors (Lipinski definition) is 1. The monoisotopic (exact) mass is 353 g/mol. The summed E-state index contributed by atoms with van der Waals surface area (Å²) < 4.78 is 2.77. The van der Waals surface area contributed by atoms with Gasteiger partial charge in [-0.05, 0) is 41.3 Å². The zero-order chi connectivity index (χ0) is 15.1. The van der Waals surface area contributed by atoms with Crippen molar-refractivity contribution in [2.45, 2.75) is 38.3 Å². The van der Waals surface area contributed by atoms with Gasteiger partial charge in [-0.3, -0.25) is 19.7 Å². The Morgan fingerprint density at radius 3 is 2.76 bits per heavy atom. The molecule has 21 heavy (non-hydrogen) atoms. The molecule has 1 aliphatic heterocycles. The Bertz CT molecular complexity index is 621. The van der Waals surface area contributed by atoms with Crippen molar-refractivity contribution in [3.8, 4) is 0 Å². The average molecular weight is 354 g/mol. The lowest BCUT2D eigenvalue weighted by Gasteiger charge is -2.33. The summed E-state index contributed by atoms with van der Waals surface area (Å²) in [7, 11) is 0. The molecule has 0 spiro atoms. The van der Waals surface area contributed by atoms with Crippen LogP contribution < -0.4 is 5.32 Å². The van der Waals surface area contributed by atoms with Crippen LogP contribution in [-0.2, 0) is 9.59 Å². The van der Waals surface area contributed by atoms with Gasteiger partial charge in [0.2, 0.25) is 11.8 Å². The first-order valence-electron chi connectivity index (χ1n) is 7.03. The van der Waals surface area contributed by atoms with Crippen molar-refractivity contribution in [2.24, 2.45) is 0 Å². The van der Waals surface area contributed by atoms with Crippen LogP contribution in [0.25, 0.3) is 0 Å². The molecule has 6 nitrogen and oxygen atoms in total. The van der Waals surface area contributed by atoms with Gasteiger partial charge in [0.05, 0.1) is 0 Å². The van der Waals surface area contributed by atoms with E-state index in [9.17, 15) is 14.4 Å². The fraction of sp³-hybridized carbons (Fsp3) is 0.500. The number of piperazine rings is 1. The molecular formula is C14H16BrN3O3. The minimum Gasteiger partial charge on any atom is -0.339 e. The quantitative estimate of drug-likeness (QED) is 0.836. The van der Waals surface area contributed by atoms with Crippen LogP contribution in [0.2, 0.25) is 0 Å². The number of aromatic nitrogens is 1. The highest BCUT2D eigenvalue weighted by molar-refractivity contribution is 9.10. The van der Waals surface area contributed by atoms with Gasteiger partial charge in [-0.1, -0.05) is 6.92 Å². The fourth-order valence-corrected chi connectivity index (χ4v) is 3.14. The molecule has 2 aliphatic rings. The molecule has 1 atom stereocenters. The lowest BCUT2D eigenvalue weighted by Crippen LogP contribution is -2.59. The zero-order valence-corrected chi connectivity index (χ0v) is 13.2. The molecule has 0 aromatic carbocycles. The molecule has 112 valence electrons. The van der Waals surface area contributed by atoms with Crippen molar-refractivity contribution in [2.75, 3.05) is 6.54 Å². The molecular weight excluding hydrogens is 338 g/mol. The summed E-state index contributed by atoms with van der Waals surface area (Å²) in [6, 6.07) is 1.52. The van der Waals surface area contributed by atoms with Crippen molar-refractivity contribution in [3.63, 3.8) is 0 Å². The summed E-state index contributed by atoms with van der Waals surface area (Å²) in [6.45, 7) is 1.76. The lowest BCUT2D eigenvalue weighted by molar-refractivity contribution is -0.138. The van der Waals surface area contributed by atoms with Crippen molar-refractivity contribution < 1.29 is 14.4 Å². The highest BCUT2D eigenvalue weighted by Gasteiger charge is 2.38. The van der Waals surface area contributed by atoms with Gasteiger partial charge in [0.15, 0.2) is 0 Å². The number of hydrogen-bond acceptors (Lipinski definition) is 3. The van der Waals surface area contributed by atoms with Crippen molar-refractivity contribution in [1.82, 2.24) is 14.8 Å². The summed E-state index contributed by atoms with van der Waals surface area (Å²) in [5, 5.41) is 2.28. The Balaban J connectivity index is 1.92. The number of halogens is 1. The van der Waals surface area contributed by atoms with Crippen molar-refractivity contribution in [1.29, 1.82) is 0 Å². The highest BCUT2D eigenvalue weighted by atomic mass is 79.9. The first kappa shape index (κ1) is 14.3. The van der Waals surface area contributed by atoms with Gasteiger partial charge >= 0.3 is 0 Å². The Morgan fingerprint density at radius 2 is 2.14 bits per heavy atom. The largest absolute Gasteiger partial charge is 0.339 e. The number of carbonyl (C=O) groups excluding carboxylic acids is 3. The standard InChI is InChI=1S/C14H16BrN3O3/c1-2-10-13(20)16-12(19)7-18(10)14(21)11-5-8(15)6-17(11)9-3-4-9/h5-6,9-10H,2-4,7H2,1H3,(H,16,19,20). The molecule has 2 fully saturated rings. The lowest BCUT2D eigenvalue weighted by atomic mass is 10.1. The fourth-order valence-electron chi connectivity index (χ4n) is 2.70. The molecule has 1 aromatic heterocycles. The van der Waals surface area contributed by atoms with Crippen LogP contribution in [0.1, 0.15) is 42.7 Å². The minimum atomic E-state index is -0.587. The maximum Gasteiger partial charge on any atom is 0.271 e. The van der Waals surface area contributed by atoms with Crippen molar-refractivity contribution in [3.05, 3.63) is 22.4 Å². The molecule has 1 aliphatic carbocycles. The van der Waals surface area contributed by atoms with E-state index in [1.165, 1.54) is 4.90 Å². The molecule has 1 saturated carbocycles. The van der Waals surface area contributed by atoms with Crippen LogP contribution in [0.15, 0.2) is 16.7 Å². The molecule has 0 bridgehead atoms. The molecule has 0 radical (unpaired) electrons. The van der Waals surface area contributed by atoms with Gasteiger partial charge in [-0.2, -0.15) is 0 Å². The van der Waals surface area contributed by atoms with Crippen LogP contribution in [-0.4, -0.2) is 39.8 Å². The van der Waals surface area contributed by atoms with Crippen LogP contribution in [0.4, 0.5) is 0 Å². The predicted octanol–water partition coefficient (Wildman–Crippen LogP) is 1.46. The molecule has 2 heterocycles. The number of nitrogens with one attached hydrogen (secondary N) is 1.